The van der Waals surface area contributed by atoms with Gasteiger partial charge in [0.15, 0.2) is 5.82 Å². The molecule has 0 saturated carbocycles. The summed E-state index contributed by atoms with van der Waals surface area (Å²) >= 11 is 0. The van der Waals surface area contributed by atoms with Gasteiger partial charge in [0.2, 0.25) is 5.91 Å². The van der Waals surface area contributed by atoms with Crippen LogP contribution < -0.4 is 0 Å². The highest BCUT2D eigenvalue weighted by atomic mass is 16.5. The van der Waals surface area contributed by atoms with Crippen LogP contribution in [0, 0.1) is 6.92 Å². The zero-order chi connectivity index (χ0) is 19.5. The van der Waals surface area contributed by atoms with E-state index < -0.39 is 0 Å². The number of carbonyl (C=O) groups is 1. The predicted octanol–water partition coefficient (Wildman–Crippen LogP) is 4.17. The Balaban J connectivity index is 1.39. The summed E-state index contributed by atoms with van der Waals surface area (Å²) in [7, 11) is 0. The first kappa shape index (κ1) is 18.4. The van der Waals surface area contributed by atoms with Crippen LogP contribution in [0.5, 0.6) is 0 Å². The van der Waals surface area contributed by atoms with E-state index in [0.717, 1.165) is 24.9 Å². The first-order valence-electron chi connectivity index (χ1n) is 9.88. The molecule has 1 amide bonds. The van der Waals surface area contributed by atoms with Crippen LogP contribution >= 0.6 is 0 Å². The molecule has 2 aromatic carbocycles. The van der Waals surface area contributed by atoms with Crippen LogP contribution in [-0.2, 0) is 17.6 Å². The zero-order valence-electron chi connectivity index (χ0n) is 16.4. The van der Waals surface area contributed by atoms with E-state index in [4.69, 9.17) is 4.52 Å². The van der Waals surface area contributed by atoms with Gasteiger partial charge in [-0.2, -0.15) is 4.98 Å². The molecule has 144 valence electrons. The Hall–Kier alpha value is -2.95. The van der Waals surface area contributed by atoms with Crippen LogP contribution in [0.4, 0.5) is 0 Å². The van der Waals surface area contributed by atoms with Crippen LogP contribution in [0.2, 0.25) is 0 Å². The third kappa shape index (κ3) is 3.98. The number of hydrogen-bond acceptors (Lipinski definition) is 4. The number of likely N-dealkylation sites (tertiary alicyclic amines) is 1. The quantitative estimate of drug-likeness (QED) is 0.649. The molecule has 3 aromatic rings. The maximum absolute atomic E-state index is 12.4. The molecule has 0 N–H and O–H groups in total. The number of amides is 1. The van der Waals surface area contributed by atoms with Crippen molar-refractivity contribution in [3.63, 3.8) is 0 Å². The number of aryl methyl sites for hydroxylation is 2. The summed E-state index contributed by atoms with van der Waals surface area (Å²) in [5.74, 6) is 1.30. The van der Waals surface area contributed by atoms with E-state index in [1.165, 1.54) is 16.7 Å². The van der Waals surface area contributed by atoms with Gasteiger partial charge in [-0.05, 0) is 43.0 Å². The van der Waals surface area contributed by atoms with Crippen LogP contribution in [0.15, 0.2) is 53.1 Å². The number of hydrogen-bond donors (Lipinski definition) is 0. The lowest BCUT2D eigenvalue weighted by molar-refractivity contribution is -0.127. The van der Waals surface area contributed by atoms with Crippen LogP contribution in [0.1, 0.15) is 41.8 Å². The van der Waals surface area contributed by atoms with Crippen molar-refractivity contribution in [1.29, 1.82) is 0 Å². The second-order valence-electron chi connectivity index (χ2n) is 7.48. The topological polar surface area (TPSA) is 59.2 Å². The summed E-state index contributed by atoms with van der Waals surface area (Å²) in [5, 5.41) is 4.15. The second-order valence-corrected chi connectivity index (χ2v) is 7.48. The molecule has 1 aromatic heterocycles. The van der Waals surface area contributed by atoms with Crippen molar-refractivity contribution in [2.75, 3.05) is 13.1 Å². The van der Waals surface area contributed by atoms with E-state index in [1.54, 1.807) is 0 Å². The van der Waals surface area contributed by atoms with Gasteiger partial charge in [0.1, 0.15) is 0 Å². The molecule has 2 heterocycles. The van der Waals surface area contributed by atoms with Crippen molar-refractivity contribution < 1.29 is 9.32 Å². The fraction of sp³-hybridized carbons (Fsp3) is 0.348. The van der Waals surface area contributed by atoms with E-state index in [2.05, 4.69) is 60.4 Å². The van der Waals surface area contributed by atoms with Gasteiger partial charge in [-0.3, -0.25) is 4.79 Å². The van der Waals surface area contributed by atoms with Crippen molar-refractivity contribution in [1.82, 2.24) is 15.0 Å². The van der Waals surface area contributed by atoms with E-state index >= 15 is 0 Å². The fourth-order valence-electron chi connectivity index (χ4n) is 3.58. The lowest BCUT2D eigenvalue weighted by Crippen LogP contribution is -2.27. The minimum atomic E-state index is -0.00191. The van der Waals surface area contributed by atoms with Gasteiger partial charge >= 0.3 is 0 Å². The third-order valence-corrected chi connectivity index (χ3v) is 5.42. The van der Waals surface area contributed by atoms with Crippen LogP contribution in [-0.4, -0.2) is 34.0 Å². The van der Waals surface area contributed by atoms with Gasteiger partial charge in [-0.25, -0.2) is 0 Å². The smallest absolute Gasteiger partial charge is 0.257 e. The molecular formula is C23H25N3O2. The van der Waals surface area contributed by atoms with Gasteiger partial charge in [-0.15, -0.1) is 0 Å². The standard InChI is InChI=1S/C23H25N3O2/c1-3-17-8-10-19(11-9-17)23-24-22(25-28-23)20-14-21(27)26(15-20)13-12-18-6-4-16(2)5-7-18/h4-11,20H,3,12-15H2,1-2H3. The van der Waals surface area contributed by atoms with Crippen molar-refractivity contribution >= 4 is 5.91 Å². The third-order valence-electron chi connectivity index (χ3n) is 5.42. The zero-order valence-corrected chi connectivity index (χ0v) is 16.4. The Morgan fingerprint density at radius 1 is 1.07 bits per heavy atom. The van der Waals surface area contributed by atoms with E-state index in [-0.39, 0.29) is 11.8 Å². The maximum atomic E-state index is 12.4. The number of carbonyl (C=O) groups excluding carboxylic acids is 1. The summed E-state index contributed by atoms with van der Waals surface area (Å²) < 4.78 is 5.46. The molecule has 1 atom stereocenters. The molecule has 0 spiro atoms. The molecule has 0 aliphatic carbocycles. The molecule has 1 saturated heterocycles. The van der Waals surface area contributed by atoms with Crippen LogP contribution in [0.3, 0.4) is 0 Å². The Morgan fingerprint density at radius 2 is 1.79 bits per heavy atom. The molecule has 28 heavy (non-hydrogen) atoms. The monoisotopic (exact) mass is 375 g/mol. The predicted molar refractivity (Wildman–Crippen MR) is 108 cm³/mol. The highest BCUT2D eigenvalue weighted by molar-refractivity contribution is 5.79. The summed E-state index contributed by atoms with van der Waals surface area (Å²) in [5.41, 5.74) is 4.68. The molecule has 0 radical (unpaired) electrons. The molecule has 5 heteroatoms. The molecule has 1 aliphatic rings. The SMILES string of the molecule is CCc1ccc(-c2nc(C3CC(=O)N(CCc4ccc(C)cc4)C3)no2)cc1. The normalized spacial score (nSPS) is 16.7. The number of aromatic nitrogens is 2. The van der Waals surface area contributed by atoms with Gasteiger partial charge in [0.25, 0.3) is 5.89 Å². The van der Waals surface area contributed by atoms with Crippen molar-refractivity contribution in [3.05, 3.63) is 71.0 Å². The second kappa shape index (κ2) is 7.97. The van der Waals surface area contributed by atoms with Gasteiger partial charge in [-0.1, -0.05) is 54.0 Å². The minimum absolute atomic E-state index is 0.00191. The average molecular weight is 375 g/mol. The Labute approximate surface area is 165 Å². The van der Waals surface area contributed by atoms with Gasteiger partial charge < -0.3 is 9.42 Å². The van der Waals surface area contributed by atoms with Crippen LogP contribution in [0.25, 0.3) is 11.5 Å². The summed E-state index contributed by atoms with van der Waals surface area (Å²) in [6, 6.07) is 16.6. The number of benzene rings is 2. The molecule has 1 unspecified atom stereocenters. The Morgan fingerprint density at radius 3 is 2.50 bits per heavy atom. The summed E-state index contributed by atoms with van der Waals surface area (Å²) in [4.78, 5) is 18.9. The summed E-state index contributed by atoms with van der Waals surface area (Å²) in [6.45, 7) is 5.58. The molecule has 0 bridgehead atoms. The Kier molecular flexibility index (Phi) is 5.24. The highest BCUT2D eigenvalue weighted by Crippen LogP contribution is 2.28. The minimum Gasteiger partial charge on any atom is -0.342 e. The Bertz CT molecular complexity index is 945. The largest absolute Gasteiger partial charge is 0.342 e. The van der Waals surface area contributed by atoms with E-state index in [0.29, 0.717) is 24.7 Å². The lowest BCUT2D eigenvalue weighted by Gasteiger charge is -2.16. The van der Waals surface area contributed by atoms with Crippen molar-refractivity contribution in [2.24, 2.45) is 0 Å². The lowest BCUT2D eigenvalue weighted by atomic mass is 10.1. The highest BCUT2D eigenvalue weighted by Gasteiger charge is 2.33. The molecule has 5 nitrogen and oxygen atoms in total. The van der Waals surface area contributed by atoms with Crippen molar-refractivity contribution in [2.45, 2.75) is 39.0 Å². The fourth-order valence-corrected chi connectivity index (χ4v) is 3.58. The maximum Gasteiger partial charge on any atom is 0.257 e. The van der Waals surface area contributed by atoms with Gasteiger partial charge in [0.05, 0.1) is 0 Å². The molecule has 4 rings (SSSR count). The molecule has 1 aliphatic heterocycles. The summed E-state index contributed by atoms with van der Waals surface area (Å²) in [6.07, 6.45) is 2.31. The van der Waals surface area contributed by atoms with E-state index in [1.807, 2.05) is 17.0 Å². The molecule has 1 fully saturated rings. The van der Waals surface area contributed by atoms with E-state index in [9.17, 15) is 4.79 Å². The average Bonchev–Trinajstić information content (AvgIpc) is 3.35. The molecular weight excluding hydrogens is 350 g/mol. The van der Waals surface area contributed by atoms with Gasteiger partial charge in [0, 0.05) is 31.0 Å². The first-order valence-corrected chi connectivity index (χ1v) is 9.88. The number of nitrogens with zero attached hydrogens (tertiary/aromatic N) is 3. The first-order chi connectivity index (χ1) is 13.6. The number of rotatable bonds is 6. The van der Waals surface area contributed by atoms with Crippen molar-refractivity contribution in [3.8, 4) is 11.5 Å².